The largest absolute Gasteiger partial charge is 0.386 e. The van der Waals surface area contributed by atoms with Gasteiger partial charge in [-0.15, -0.1) is 0 Å². The molecule has 1 aliphatic heterocycles. The van der Waals surface area contributed by atoms with Crippen LogP contribution in [-0.2, 0) is 0 Å². The Labute approximate surface area is 70.3 Å². The third-order valence-electron chi connectivity index (χ3n) is 1.59. The van der Waals surface area contributed by atoms with Crippen molar-refractivity contribution in [1.82, 2.24) is 5.32 Å². The molecule has 0 aromatic rings. The molecule has 0 amide bonds. The normalized spacial score (nSPS) is 22.5. The summed E-state index contributed by atoms with van der Waals surface area (Å²) in [7, 11) is 1.72. The predicted octanol–water partition coefficient (Wildman–Crippen LogP) is -2.38. The van der Waals surface area contributed by atoms with Gasteiger partial charge in [0, 0.05) is 6.54 Å². The number of nitrogens with one attached hydrogen (secondary N) is 1. The van der Waals surface area contributed by atoms with Crippen molar-refractivity contribution in [3.63, 3.8) is 0 Å². The third kappa shape index (κ3) is 1.67. The Bertz CT molecular complexity index is 222. The van der Waals surface area contributed by atoms with Crippen molar-refractivity contribution in [3.05, 3.63) is 0 Å². The van der Waals surface area contributed by atoms with Crippen molar-refractivity contribution >= 4 is 11.9 Å². The summed E-state index contributed by atoms with van der Waals surface area (Å²) < 4.78 is 0. The Morgan fingerprint density at radius 3 is 2.83 bits per heavy atom. The van der Waals surface area contributed by atoms with Gasteiger partial charge in [0.2, 0.25) is 0 Å². The van der Waals surface area contributed by atoms with Gasteiger partial charge >= 0.3 is 0 Å². The maximum atomic E-state index is 9.45. The SMILES string of the molecule is CNCC(O)C1=NN=CC1(N)N. The van der Waals surface area contributed by atoms with Crippen LogP contribution in [0.3, 0.4) is 0 Å². The van der Waals surface area contributed by atoms with Crippen molar-refractivity contribution in [3.8, 4) is 0 Å². The number of hydrogen-bond donors (Lipinski definition) is 4. The summed E-state index contributed by atoms with van der Waals surface area (Å²) in [6.07, 6.45) is 0.522. The van der Waals surface area contributed by atoms with Crippen LogP contribution in [0, 0.1) is 0 Å². The van der Waals surface area contributed by atoms with Gasteiger partial charge in [0.15, 0.2) is 0 Å². The van der Waals surface area contributed by atoms with Gasteiger partial charge in [0.1, 0.15) is 17.5 Å². The monoisotopic (exact) mass is 171 g/mol. The molecule has 0 saturated heterocycles. The van der Waals surface area contributed by atoms with Gasteiger partial charge in [-0.1, -0.05) is 0 Å². The fraction of sp³-hybridized carbons (Fsp3) is 0.667. The lowest BCUT2D eigenvalue weighted by Crippen LogP contribution is -2.60. The Balaban J connectivity index is 2.65. The van der Waals surface area contributed by atoms with E-state index in [9.17, 15) is 5.11 Å². The second kappa shape index (κ2) is 3.28. The predicted molar refractivity (Wildman–Crippen MR) is 47.0 cm³/mol. The number of nitrogens with two attached hydrogens (primary N) is 2. The smallest absolute Gasteiger partial charge is 0.146 e. The summed E-state index contributed by atoms with van der Waals surface area (Å²) in [5.41, 5.74) is 10.2. The van der Waals surface area contributed by atoms with Crippen LogP contribution in [0.4, 0.5) is 0 Å². The Morgan fingerprint density at radius 1 is 1.75 bits per heavy atom. The molecule has 1 unspecified atom stereocenters. The van der Waals surface area contributed by atoms with E-state index in [1.807, 2.05) is 0 Å². The van der Waals surface area contributed by atoms with E-state index < -0.39 is 11.8 Å². The lowest BCUT2D eigenvalue weighted by Gasteiger charge is -2.20. The molecule has 0 aromatic heterocycles. The highest BCUT2D eigenvalue weighted by atomic mass is 16.3. The fourth-order valence-electron chi connectivity index (χ4n) is 0.985. The fourth-order valence-corrected chi connectivity index (χ4v) is 0.985. The highest BCUT2D eigenvalue weighted by Crippen LogP contribution is 2.05. The van der Waals surface area contributed by atoms with Gasteiger partial charge < -0.3 is 21.9 Å². The van der Waals surface area contributed by atoms with E-state index in [0.717, 1.165) is 0 Å². The number of likely N-dealkylation sites (N-methyl/N-ethyl adjacent to an activating group) is 1. The maximum absolute atomic E-state index is 9.45. The van der Waals surface area contributed by atoms with E-state index in [-0.39, 0.29) is 5.71 Å². The zero-order valence-electron chi connectivity index (χ0n) is 6.86. The number of rotatable bonds is 3. The van der Waals surface area contributed by atoms with Crippen LogP contribution in [0.15, 0.2) is 10.2 Å². The van der Waals surface area contributed by atoms with Crippen LogP contribution in [-0.4, -0.2) is 42.4 Å². The molecule has 1 aliphatic rings. The van der Waals surface area contributed by atoms with Gasteiger partial charge in [-0.25, -0.2) is 0 Å². The molecule has 6 N–H and O–H groups in total. The minimum absolute atomic E-state index is 0.289. The van der Waals surface area contributed by atoms with Crippen molar-refractivity contribution in [1.29, 1.82) is 0 Å². The number of aliphatic hydroxyl groups excluding tert-OH is 1. The molecule has 6 nitrogen and oxygen atoms in total. The van der Waals surface area contributed by atoms with Crippen LogP contribution in [0.25, 0.3) is 0 Å². The summed E-state index contributed by atoms with van der Waals surface area (Å²) in [5.74, 6) is 0. The molecule has 0 aliphatic carbocycles. The lowest BCUT2D eigenvalue weighted by molar-refractivity contribution is 0.235. The van der Waals surface area contributed by atoms with E-state index in [0.29, 0.717) is 6.54 Å². The topological polar surface area (TPSA) is 109 Å². The number of aliphatic hydroxyl groups is 1. The van der Waals surface area contributed by atoms with E-state index in [4.69, 9.17) is 11.5 Å². The first-order valence-electron chi connectivity index (χ1n) is 3.61. The van der Waals surface area contributed by atoms with E-state index >= 15 is 0 Å². The van der Waals surface area contributed by atoms with Crippen molar-refractivity contribution in [2.45, 2.75) is 11.8 Å². The van der Waals surface area contributed by atoms with Gasteiger partial charge in [0.25, 0.3) is 0 Å². The van der Waals surface area contributed by atoms with E-state index in [2.05, 4.69) is 15.5 Å². The molecule has 68 valence electrons. The summed E-state index contributed by atoms with van der Waals surface area (Å²) >= 11 is 0. The molecule has 0 aromatic carbocycles. The molecule has 0 fully saturated rings. The zero-order valence-corrected chi connectivity index (χ0v) is 6.86. The maximum Gasteiger partial charge on any atom is 0.146 e. The quantitative estimate of drug-likeness (QED) is 0.355. The Hall–Kier alpha value is -0.820. The minimum Gasteiger partial charge on any atom is -0.386 e. The molecule has 1 heterocycles. The second-order valence-electron chi connectivity index (χ2n) is 2.74. The molecule has 0 bridgehead atoms. The second-order valence-corrected chi connectivity index (χ2v) is 2.74. The summed E-state index contributed by atoms with van der Waals surface area (Å²) in [5, 5.41) is 19.4. The summed E-state index contributed by atoms with van der Waals surface area (Å²) in [6, 6.07) is 0. The number of hydrogen-bond acceptors (Lipinski definition) is 6. The van der Waals surface area contributed by atoms with Gasteiger partial charge in [-0.2, -0.15) is 10.2 Å². The Kier molecular flexibility index (Phi) is 2.53. The summed E-state index contributed by atoms with van der Waals surface area (Å²) in [6.45, 7) is 0.359. The van der Waals surface area contributed by atoms with E-state index in [1.165, 1.54) is 6.21 Å². The van der Waals surface area contributed by atoms with Crippen LogP contribution in [0.2, 0.25) is 0 Å². The molecule has 0 saturated carbocycles. The molecular weight excluding hydrogens is 158 g/mol. The van der Waals surface area contributed by atoms with Crippen LogP contribution < -0.4 is 16.8 Å². The summed E-state index contributed by atoms with van der Waals surface area (Å²) in [4.78, 5) is 0. The highest BCUT2D eigenvalue weighted by molar-refractivity contribution is 6.11. The molecule has 0 radical (unpaired) electrons. The molecule has 12 heavy (non-hydrogen) atoms. The van der Waals surface area contributed by atoms with Crippen molar-refractivity contribution < 1.29 is 5.11 Å². The first-order valence-corrected chi connectivity index (χ1v) is 3.61. The van der Waals surface area contributed by atoms with Gasteiger partial charge in [0.05, 0.1) is 6.21 Å². The molecular formula is C6H13N5O. The van der Waals surface area contributed by atoms with Crippen molar-refractivity contribution in [2.24, 2.45) is 21.7 Å². The molecule has 1 atom stereocenters. The molecule has 6 heteroatoms. The minimum atomic E-state index is -1.20. The highest BCUT2D eigenvalue weighted by Gasteiger charge is 2.33. The van der Waals surface area contributed by atoms with Gasteiger partial charge in [-0.3, -0.25) is 0 Å². The standard InChI is InChI=1S/C6H13N5O/c1-9-2-4(12)5-6(7,8)3-10-11-5/h3-4,9,12H,2,7-8H2,1H3. The van der Waals surface area contributed by atoms with Crippen LogP contribution >= 0.6 is 0 Å². The van der Waals surface area contributed by atoms with Gasteiger partial charge in [-0.05, 0) is 7.05 Å². The third-order valence-corrected chi connectivity index (χ3v) is 1.59. The van der Waals surface area contributed by atoms with Crippen LogP contribution in [0.5, 0.6) is 0 Å². The molecule has 1 rings (SSSR count). The van der Waals surface area contributed by atoms with E-state index in [1.54, 1.807) is 7.05 Å². The lowest BCUT2D eigenvalue weighted by atomic mass is 10.0. The molecule has 0 spiro atoms. The van der Waals surface area contributed by atoms with Crippen LogP contribution in [0.1, 0.15) is 0 Å². The average Bonchev–Trinajstić information content (AvgIpc) is 2.30. The first-order chi connectivity index (χ1) is 5.58. The average molecular weight is 171 g/mol. The zero-order chi connectivity index (χ0) is 9.19. The first kappa shape index (κ1) is 9.27. The van der Waals surface area contributed by atoms with Crippen molar-refractivity contribution in [2.75, 3.05) is 13.6 Å². The Morgan fingerprint density at radius 2 is 2.42 bits per heavy atom. The number of nitrogens with zero attached hydrogens (tertiary/aromatic N) is 2.